The Labute approximate surface area is 126 Å². The van der Waals surface area contributed by atoms with Crippen LogP contribution in [0.1, 0.15) is 12.0 Å². The molecule has 2 N–H and O–H groups in total. The zero-order valence-electron chi connectivity index (χ0n) is 11.1. The summed E-state index contributed by atoms with van der Waals surface area (Å²) in [7, 11) is 0. The van der Waals surface area contributed by atoms with Crippen LogP contribution in [0.25, 0.3) is 0 Å². The van der Waals surface area contributed by atoms with Crippen LogP contribution in [-0.4, -0.2) is 32.6 Å². The molecule has 108 valence electrons. The molecular weight excluding hydrogens is 292 g/mol. The van der Waals surface area contributed by atoms with Gasteiger partial charge in [0.2, 0.25) is 5.91 Å². The van der Waals surface area contributed by atoms with Crippen molar-refractivity contribution in [1.82, 2.24) is 15.0 Å². The van der Waals surface area contributed by atoms with Gasteiger partial charge in [0.25, 0.3) is 0 Å². The number of aromatic nitrogens is 3. The van der Waals surface area contributed by atoms with E-state index >= 15 is 0 Å². The molecule has 0 atom stereocenters. The lowest BCUT2D eigenvalue weighted by molar-refractivity contribution is -0.116. The van der Waals surface area contributed by atoms with E-state index < -0.39 is 0 Å². The van der Waals surface area contributed by atoms with Crippen molar-refractivity contribution in [3.8, 4) is 11.8 Å². The Morgan fingerprint density at radius 2 is 2.33 bits per heavy atom. The Hall–Kier alpha value is -2.36. The summed E-state index contributed by atoms with van der Waals surface area (Å²) in [4.78, 5) is 11.9. The Morgan fingerprint density at radius 3 is 3.05 bits per heavy atom. The third-order valence-corrected chi connectivity index (χ3v) is 2.92. The summed E-state index contributed by atoms with van der Waals surface area (Å²) in [5.41, 5.74) is 1.16. The molecule has 0 aliphatic heterocycles. The van der Waals surface area contributed by atoms with Crippen molar-refractivity contribution in [2.45, 2.75) is 13.0 Å². The van der Waals surface area contributed by atoms with Gasteiger partial charge in [0, 0.05) is 18.2 Å². The first-order chi connectivity index (χ1) is 10.2. The van der Waals surface area contributed by atoms with Crippen LogP contribution in [0.2, 0.25) is 5.02 Å². The molecule has 7 heteroatoms. The zero-order valence-corrected chi connectivity index (χ0v) is 11.8. The average molecular weight is 305 g/mol. The number of nitrogens with one attached hydrogen (secondary N) is 1. The number of aliphatic hydroxyl groups is 1. The molecule has 1 aromatic heterocycles. The number of halogens is 1. The topological polar surface area (TPSA) is 80.0 Å². The van der Waals surface area contributed by atoms with Crippen molar-refractivity contribution in [2.24, 2.45) is 0 Å². The maximum absolute atomic E-state index is 11.9. The molecule has 21 heavy (non-hydrogen) atoms. The number of hydrogen-bond donors (Lipinski definition) is 2. The minimum Gasteiger partial charge on any atom is -0.384 e. The number of amides is 1. The molecule has 0 unspecified atom stereocenters. The number of benzene rings is 1. The molecule has 0 fully saturated rings. The number of carbonyl (C=O) groups excluding carboxylic acids is 1. The van der Waals surface area contributed by atoms with Crippen LogP contribution >= 0.6 is 11.6 Å². The fourth-order valence-corrected chi connectivity index (χ4v) is 1.79. The summed E-state index contributed by atoms with van der Waals surface area (Å²) in [6.45, 7) is 0.218. The first-order valence-electron chi connectivity index (χ1n) is 6.22. The smallest absolute Gasteiger partial charge is 0.226 e. The van der Waals surface area contributed by atoms with E-state index in [9.17, 15) is 4.79 Å². The molecule has 0 aliphatic rings. The molecule has 0 bridgehead atoms. The predicted molar refractivity (Wildman–Crippen MR) is 78.7 cm³/mol. The number of aliphatic hydroxyl groups excluding tert-OH is 1. The monoisotopic (exact) mass is 304 g/mol. The normalized spacial score (nSPS) is 9.81. The number of anilines is 1. The van der Waals surface area contributed by atoms with Crippen LogP contribution in [0.5, 0.6) is 0 Å². The standard InChI is InChI=1S/C14H13ClN4O2/c15-12-4-3-11(2-1-9-20)10-13(12)17-14(21)5-7-19-8-6-16-18-19/h3-4,6,8,10,20H,5,7,9H2,(H,17,21). The molecule has 1 aromatic carbocycles. The number of hydrogen-bond acceptors (Lipinski definition) is 4. The van der Waals surface area contributed by atoms with Crippen molar-refractivity contribution in [3.63, 3.8) is 0 Å². The second kappa shape index (κ2) is 7.43. The van der Waals surface area contributed by atoms with E-state index in [1.165, 1.54) is 0 Å². The largest absolute Gasteiger partial charge is 0.384 e. The van der Waals surface area contributed by atoms with Gasteiger partial charge < -0.3 is 10.4 Å². The van der Waals surface area contributed by atoms with Gasteiger partial charge in [-0.2, -0.15) is 0 Å². The highest BCUT2D eigenvalue weighted by Gasteiger charge is 2.07. The van der Waals surface area contributed by atoms with Crippen LogP contribution in [0, 0.1) is 11.8 Å². The number of carbonyl (C=O) groups is 1. The second-order valence-electron chi connectivity index (χ2n) is 4.12. The van der Waals surface area contributed by atoms with Crippen molar-refractivity contribution in [3.05, 3.63) is 41.2 Å². The lowest BCUT2D eigenvalue weighted by Gasteiger charge is -2.07. The third kappa shape index (κ3) is 4.60. The van der Waals surface area contributed by atoms with Gasteiger partial charge in [-0.1, -0.05) is 28.7 Å². The number of rotatable bonds is 4. The Bertz CT molecular complexity index is 674. The van der Waals surface area contributed by atoms with E-state index in [2.05, 4.69) is 27.5 Å². The Morgan fingerprint density at radius 1 is 1.48 bits per heavy atom. The summed E-state index contributed by atoms with van der Waals surface area (Å²) >= 11 is 6.03. The Balaban J connectivity index is 1.99. The summed E-state index contributed by atoms with van der Waals surface area (Å²) in [6, 6.07) is 5.03. The Kier molecular flexibility index (Phi) is 5.32. The van der Waals surface area contributed by atoms with Gasteiger partial charge >= 0.3 is 0 Å². The minimum absolute atomic E-state index is 0.181. The van der Waals surface area contributed by atoms with E-state index in [1.54, 1.807) is 35.3 Å². The second-order valence-corrected chi connectivity index (χ2v) is 4.53. The lowest BCUT2D eigenvalue weighted by atomic mass is 10.2. The van der Waals surface area contributed by atoms with E-state index in [0.29, 0.717) is 22.8 Å². The highest BCUT2D eigenvalue weighted by molar-refractivity contribution is 6.33. The molecule has 2 rings (SSSR count). The molecule has 1 heterocycles. The number of aryl methyl sites for hydroxylation is 1. The lowest BCUT2D eigenvalue weighted by Crippen LogP contribution is -2.15. The average Bonchev–Trinajstić information content (AvgIpc) is 2.99. The quantitative estimate of drug-likeness (QED) is 0.835. The molecular formula is C14H13ClN4O2. The summed E-state index contributed by atoms with van der Waals surface area (Å²) < 4.78 is 1.57. The van der Waals surface area contributed by atoms with Gasteiger partial charge in [-0.25, -0.2) is 0 Å². The summed E-state index contributed by atoms with van der Waals surface area (Å²) in [6.07, 6.45) is 3.50. The maximum atomic E-state index is 11.9. The van der Waals surface area contributed by atoms with Crippen molar-refractivity contribution in [1.29, 1.82) is 0 Å². The highest BCUT2D eigenvalue weighted by atomic mass is 35.5. The van der Waals surface area contributed by atoms with E-state index in [-0.39, 0.29) is 18.9 Å². The van der Waals surface area contributed by atoms with Gasteiger partial charge in [0.1, 0.15) is 6.61 Å². The first kappa shape index (κ1) is 15.0. The van der Waals surface area contributed by atoms with Crippen LogP contribution in [0.3, 0.4) is 0 Å². The molecule has 6 nitrogen and oxygen atoms in total. The summed E-state index contributed by atoms with van der Waals surface area (Å²) in [5.74, 6) is 5.12. The van der Waals surface area contributed by atoms with E-state index in [1.807, 2.05) is 0 Å². The van der Waals surface area contributed by atoms with Gasteiger partial charge in [-0.15, -0.1) is 5.10 Å². The molecule has 0 spiro atoms. The van der Waals surface area contributed by atoms with Crippen LogP contribution in [0.4, 0.5) is 5.69 Å². The molecule has 0 aliphatic carbocycles. The van der Waals surface area contributed by atoms with Crippen LogP contribution in [-0.2, 0) is 11.3 Å². The fraction of sp³-hybridized carbons (Fsp3) is 0.214. The predicted octanol–water partition coefficient (Wildman–Crippen LogP) is 1.30. The molecule has 0 radical (unpaired) electrons. The molecule has 0 saturated carbocycles. The van der Waals surface area contributed by atoms with Crippen molar-refractivity contribution in [2.75, 3.05) is 11.9 Å². The SMILES string of the molecule is O=C(CCn1ccnn1)Nc1cc(C#CCO)ccc1Cl. The molecule has 1 amide bonds. The zero-order chi connectivity index (χ0) is 15.1. The van der Waals surface area contributed by atoms with Gasteiger partial charge in [-0.05, 0) is 18.2 Å². The first-order valence-corrected chi connectivity index (χ1v) is 6.60. The van der Waals surface area contributed by atoms with Crippen LogP contribution < -0.4 is 5.32 Å². The molecule has 0 saturated heterocycles. The highest BCUT2D eigenvalue weighted by Crippen LogP contribution is 2.22. The molecule has 2 aromatic rings. The number of nitrogens with zero attached hydrogens (tertiary/aromatic N) is 3. The van der Waals surface area contributed by atoms with Gasteiger partial charge in [0.05, 0.1) is 23.5 Å². The van der Waals surface area contributed by atoms with E-state index in [4.69, 9.17) is 16.7 Å². The van der Waals surface area contributed by atoms with Gasteiger partial charge in [0.15, 0.2) is 0 Å². The van der Waals surface area contributed by atoms with Gasteiger partial charge in [-0.3, -0.25) is 9.48 Å². The van der Waals surface area contributed by atoms with Crippen molar-refractivity contribution >= 4 is 23.2 Å². The minimum atomic E-state index is -0.220. The van der Waals surface area contributed by atoms with Crippen LogP contribution in [0.15, 0.2) is 30.6 Å². The van der Waals surface area contributed by atoms with Crippen molar-refractivity contribution < 1.29 is 9.90 Å². The summed E-state index contributed by atoms with van der Waals surface area (Å²) in [5, 5.41) is 19.3. The van der Waals surface area contributed by atoms with E-state index in [0.717, 1.165) is 0 Å². The maximum Gasteiger partial charge on any atom is 0.226 e. The fourth-order valence-electron chi connectivity index (χ4n) is 1.62. The third-order valence-electron chi connectivity index (χ3n) is 2.59.